The maximum Gasteiger partial charge on any atom is 0.0564 e. The minimum atomic E-state index is 0.232. The van der Waals surface area contributed by atoms with Gasteiger partial charge in [0.25, 0.3) is 0 Å². The van der Waals surface area contributed by atoms with E-state index in [0.29, 0.717) is 16.9 Å². The van der Waals surface area contributed by atoms with E-state index in [9.17, 15) is 0 Å². The van der Waals surface area contributed by atoms with E-state index in [1.54, 1.807) is 0 Å². The Labute approximate surface area is 374 Å². The first-order valence-corrected chi connectivity index (χ1v) is 26.0. The van der Waals surface area contributed by atoms with Crippen LogP contribution in [-0.2, 0) is 13.0 Å². The van der Waals surface area contributed by atoms with Crippen LogP contribution in [0.4, 0.5) is 11.4 Å². The molecule has 4 N–H and O–H groups in total. The summed E-state index contributed by atoms with van der Waals surface area (Å²) >= 11 is 0. The van der Waals surface area contributed by atoms with E-state index in [1.165, 1.54) is 139 Å². The molecular formula is C54H91N7. The van der Waals surface area contributed by atoms with Crippen LogP contribution in [0.3, 0.4) is 0 Å². The van der Waals surface area contributed by atoms with Gasteiger partial charge in [-0.15, -0.1) is 0 Å². The highest BCUT2D eigenvalue weighted by atomic mass is 15.2. The van der Waals surface area contributed by atoms with E-state index in [4.69, 9.17) is 10.7 Å². The summed E-state index contributed by atoms with van der Waals surface area (Å²) in [6, 6.07) is 10.1. The van der Waals surface area contributed by atoms with E-state index < -0.39 is 0 Å². The minimum Gasteiger partial charge on any atom is -0.385 e. The zero-order chi connectivity index (χ0) is 43.0. The number of hydrogen-bond acceptors (Lipinski definition) is 7. The van der Waals surface area contributed by atoms with Crippen molar-refractivity contribution in [1.82, 2.24) is 20.2 Å². The Kier molecular flexibility index (Phi) is 16.6. The first kappa shape index (κ1) is 46.8. The summed E-state index contributed by atoms with van der Waals surface area (Å²) in [7, 11) is 4.18. The fourth-order valence-corrected chi connectivity index (χ4v) is 14.6. The topological polar surface area (TPSA) is 82.3 Å². The smallest absolute Gasteiger partial charge is 0.0564 e. The summed E-state index contributed by atoms with van der Waals surface area (Å²) in [5, 5.41) is 7.77. The third-order valence-electron chi connectivity index (χ3n) is 18.1. The number of unbranched alkanes of at least 4 members (excludes halogenated alkanes) is 3. The average molecular weight is 838 g/mol. The molecule has 1 saturated heterocycles. The van der Waals surface area contributed by atoms with E-state index in [2.05, 4.69) is 98.4 Å². The van der Waals surface area contributed by atoms with Gasteiger partial charge in [0, 0.05) is 74.8 Å². The van der Waals surface area contributed by atoms with Crippen LogP contribution in [0.25, 0.3) is 0 Å². The molecule has 7 nitrogen and oxygen atoms in total. The maximum absolute atomic E-state index is 6.82. The van der Waals surface area contributed by atoms with Crippen molar-refractivity contribution in [2.75, 3.05) is 43.9 Å². The van der Waals surface area contributed by atoms with Crippen LogP contribution >= 0.6 is 0 Å². The highest BCUT2D eigenvalue weighted by Gasteiger charge is 2.60. The molecule has 1 aliphatic heterocycles. The molecular weight excluding hydrogens is 747 g/mol. The van der Waals surface area contributed by atoms with Crippen LogP contribution in [0, 0.1) is 52.3 Å². The number of fused-ring (bicyclic) bond motifs is 5. The zero-order valence-corrected chi connectivity index (χ0v) is 40.3. The zero-order valence-electron chi connectivity index (χ0n) is 40.3. The summed E-state index contributed by atoms with van der Waals surface area (Å²) in [5.41, 5.74) is 12.8. The molecule has 11 atom stereocenters. The number of rotatable bonds is 22. The number of pyridine rings is 2. The summed E-state index contributed by atoms with van der Waals surface area (Å²) in [6.07, 6.45) is 32.2. The number of nitrogens with two attached hydrogens (primary N) is 1. The lowest BCUT2D eigenvalue weighted by Gasteiger charge is -2.61. The summed E-state index contributed by atoms with van der Waals surface area (Å²) in [5.74, 6) is 6.66. The highest BCUT2D eigenvalue weighted by Crippen LogP contribution is 2.68. The molecule has 4 aliphatic carbocycles. The lowest BCUT2D eigenvalue weighted by Crippen LogP contribution is -2.55. The number of likely N-dealkylation sites (tertiary alicyclic amines) is 1. The van der Waals surface area contributed by atoms with E-state index in [1.807, 2.05) is 12.4 Å². The summed E-state index contributed by atoms with van der Waals surface area (Å²) in [6.45, 7) is 17.2. The second kappa shape index (κ2) is 21.6. The SMILES string of the molecule is CC(C)CCC[C@@H](C)[C@H]1CC[C@H]2C3CCC4C[C@H](NCCCCNc5ccnc(CCCCC[C@H](N)[C@@H]6CCCN6Cc6cc(N(C)C)ccn6)c5)CC[C@]4(C)[C@H]3CC[C@]12C. The van der Waals surface area contributed by atoms with Crippen molar-refractivity contribution < 1.29 is 0 Å². The van der Waals surface area contributed by atoms with Crippen LogP contribution < -0.4 is 21.3 Å². The second-order valence-corrected chi connectivity index (χ2v) is 22.6. The molecule has 342 valence electrons. The molecule has 0 amide bonds. The number of anilines is 2. The third kappa shape index (κ3) is 11.5. The molecule has 2 unspecified atom stereocenters. The number of nitrogens with zero attached hydrogens (tertiary/aromatic N) is 4. The Morgan fingerprint density at radius 2 is 1.57 bits per heavy atom. The molecule has 2 aromatic rings. The quantitative estimate of drug-likeness (QED) is 0.102. The van der Waals surface area contributed by atoms with Crippen molar-refractivity contribution >= 4 is 11.4 Å². The van der Waals surface area contributed by atoms with Crippen LogP contribution in [0.5, 0.6) is 0 Å². The molecule has 0 spiro atoms. The lowest BCUT2D eigenvalue weighted by molar-refractivity contribution is -0.118. The third-order valence-corrected chi connectivity index (χ3v) is 18.1. The van der Waals surface area contributed by atoms with Gasteiger partial charge in [0.2, 0.25) is 0 Å². The fourth-order valence-electron chi connectivity index (χ4n) is 14.6. The molecule has 3 heterocycles. The van der Waals surface area contributed by atoms with Crippen LogP contribution in [-0.4, -0.2) is 66.7 Å². The Morgan fingerprint density at radius 1 is 0.787 bits per heavy atom. The summed E-state index contributed by atoms with van der Waals surface area (Å²) in [4.78, 5) is 14.1. The monoisotopic (exact) mass is 838 g/mol. The Hall–Kier alpha value is -2.22. The fraction of sp³-hybridized carbons (Fsp3) is 0.815. The average Bonchev–Trinajstić information content (AvgIpc) is 3.86. The van der Waals surface area contributed by atoms with Gasteiger partial charge in [0.15, 0.2) is 0 Å². The Balaban J connectivity index is 0.753. The van der Waals surface area contributed by atoms with E-state index in [-0.39, 0.29) is 6.04 Å². The molecule has 0 bridgehead atoms. The van der Waals surface area contributed by atoms with Crippen molar-refractivity contribution in [3.8, 4) is 0 Å². The minimum absolute atomic E-state index is 0.232. The Morgan fingerprint density at radius 3 is 2.41 bits per heavy atom. The molecule has 0 radical (unpaired) electrons. The van der Waals surface area contributed by atoms with E-state index >= 15 is 0 Å². The van der Waals surface area contributed by atoms with Crippen molar-refractivity contribution in [1.29, 1.82) is 0 Å². The van der Waals surface area contributed by atoms with E-state index in [0.717, 1.165) is 92.2 Å². The molecule has 5 aliphatic rings. The first-order chi connectivity index (χ1) is 29.4. The van der Waals surface area contributed by atoms with Gasteiger partial charge < -0.3 is 21.3 Å². The van der Waals surface area contributed by atoms with Crippen molar-refractivity contribution in [2.24, 2.45) is 58.0 Å². The molecule has 4 saturated carbocycles. The van der Waals surface area contributed by atoms with Gasteiger partial charge in [-0.1, -0.05) is 66.7 Å². The van der Waals surface area contributed by atoms with Gasteiger partial charge in [-0.25, -0.2) is 0 Å². The Bertz CT molecular complexity index is 1630. The van der Waals surface area contributed by atoms with Gasteiger partial charge >= 0.3 is 0 Å². The normalized spacial score (nSPS) is 32.3. The van der Waals surface area contributed by atoms with Gasteiger partial charge in [0.1, 0.15) is 0 Å². The van der Waals surface area contributed by atoms with Crippen molar-refractivity contribution in [3.63, 3.8) is 0 Å². The lowest BCUT2D eigenvalue weighted by atomic mass is 9.44. The first-order valence-electron chi connectivity index (χ1n) is 26.0. The number of aryl methyl sites for hydroxylation is 1. The second-order valence-electron chi connectivity index (χ2n) is 22.6. The maximum atomic E-state index is 6.82. The molecule has 2 aromatic heterocycles. The number of nitrogens with one attached hydrogen (secondary N) is 2. The van der Waals surface area contributed by atoms with Crippen LogP contribution in [0.2, 0.25) is 0 Å². The predicted octanol–water partition coefficient (Wildman–Crippen LogP) is 11.9. The van der Waals surface area contributed by atoms with Crippen LogP contribution in [0.1, 0.15) is 174 Å². The molecule has 7 heteroatoms. The molecule has 0 aromatic carbocycles. The molecule has 7 rings (SSSR count). The van der Waals surface area contributed by atoms with Gasteiger partial charge in [-0.05, 0) is 192 Å². The van der Waals surface area contributed by atoms with Crippen molar-refractivity contribution in [3.05, 3.63) is 48.0 Å². The van der Waals surface area contributed by atoms with Crippen LogP contribution in [0.15, 0.2) is 36.7 Å². The van der Waals surface area contributed by atoms with Gasteiger partial charge in [-0.2, -0.15) is 0 Å². The van der Waals surface area contributed by atoms with Gasteiger partial charge in [0.05, 0.1) is 5.69 Å². The largest absolute Gasteiger partial charge is 0.385 e. The number of hydrogen-bond donors (Lipinski definition) is 3. The molecule has 61 heavy (non-hydrogen) atoms. The standard InChI is InChI=1S/C54H91N7/c1-39(2)15-13-16-40(3)48-22-23-49-47-21-20-41-35-43(24-28-53(41,4)50(47)25-29-54(48,49)5)56-30-11-12-31-57-44-26-32-58-42(36-44)17-9-8-10-18-51(55)52-19-14-34-61(52)38-45-37-46(60(6)7)27-33-59-45/h26-27,32-33,36-37,39-41,43,47-52,56H,8-25,28-31,34-35,38,55H2,1-7H3,(H,57,58)/t40-,41?,43-,47?,48-,49+,50+,51+,52+,53+,54-/m1/s1. The van der Waals surface area contributed by atoms with Crippen molar-refractivity contribution in [2.45, 2.75) is 194 Å². The highest BCUT2D eigenvalue weighted by molar-refractivity contribution is 5.45. The predicted molar refractivity (Wildman–Crippen MR) is 259 cm³/mol. The number of aromatic nitrogens is 2. The molecule has 5 fully saturated rings. The van der Waals surface area contributed by atoms with Gasteiger partial charge in [-0.3, -0.25) is 14.9 Å². The summed E-state index contributed by atoms with van der Waals surface area (Å²) < 4.78 is 0.